The summed E-state index contributed by atoms with van der Waals surface area (Å²) >= 11 is 0. The van der Waals surface area contributed by atoms with Crippen LogP contribution in [0.4, 0.5) is 5.69 Å². The highest BCUT2D eigenvalue weighted by molar-refractivity contribution is 5.92. The molecule has 0 aliphatic rings. The quantitative estimate of drug-likeness (QED) is 0.752. The van der Waals surface area contributed by atoms with Gasteiger partial charge in [-0.2, -0.15) is 0 Å². The Morgan fingerprint density at radius 1 is 1.11 bits per heavy atom. The highest BCUT2D eigenvalue weighted by Crippen LogP contribution is 2.17. The second kappa shape index (κ2) is 8.70. The number of amides is 1. The first-order chi connectivity index (χ1) is 9.21. The first-order valence-electron chi connectivity index (χ1n) is 7.25. The van der Waals surface area contributed by atoms with Crippen LogP contribution in [0.1, 0.15) is 45.1 Å². The van der Waals surface area contributed by atoms with Crippen molar-refractivity contribution in [1.82, 2.24) is 5.32 Å². The summed E-state index contributed by atoms with van der Waals surface area (Å²) < 4.78 is 0. The first-order valence-corrected chi connectivity index (χ1v) is 7.25. The molecule has 0 aromatic heterocycles. The van der Waals surface area contributed by atoms with E-state index in [0.29, 0.717) is 0 Å². The van der Waals surface area contributed by atoms with Crippen molar-refractivity contribution in [2.45, 2.75) is 46.1 Å². The van der Waals surface area contributed by atoms with E-state index in [4.69, 9.17) is 0 Å². The van der Waals surface area contributed by atoms with E-state index >= 15 is 0 Å². The maximum atomic E-state index is 12.2. The molecule has 0 aliphatic carbocycles. The monoisotopic (exact) mass is 262 g/mol. The van der Waals surface area contributed by atoms with E-state index in [1.807, 2.05) is 31.3 Å². The van der Waals surface area contributed by atoms with E-state index in [1.165, 1.54) is 5.56 Å². The predicted molar refractivity (Wildman–Crippen MR) is 81.1 cm³/mol. The third-order valence-corrected chi connectivity index (χ3v) is 3.25. The van der Waals surface area contributed by atoms with Crippen molar-refractivity contribution in [3.63, 3.8) is 0 Å². The molecule has 3 nitrogen and oxygen atoms in total. The van der Waals surface area contributed by atoms with Gasteiger partial charge in [-0.25, -0.2) is 0 Å². The zero-order chi connectivity index (χ0) is 14.1. The molecular formula is C16H26N2O. The number of hydrogen-bond acceptors (Lipinski definition) is 2. The lowest BCUT2D eigenvalue weighted by atomic mass is 9.97. The zero-order valence-corrected chi connectivity index (χ0v) is 12.3. The van der Waals surface area contributed by atoms with Crippen LogP contribution in [-0.2, 0) is 11.3 Å². The number of nitrogens with one attached hydrogen (secondary N) is 2. The van der Waals surface area contributed by atoms with E-state index < -0.39 is 0 Å². The van der Waals surface area contributed by atoms with E-state index in [1.54, 1.807) is 0 Å². The minimum absolute atomic E-state index is 0.145. The van der Waals surface area contributed by atoms with Crippen LogP contribution in [-0.4, -0.2) is 13.0 Å². The normalized spacial score (nSPS) is 10.7. The van der Waals surface area contributed by atoms with Gasteiger partial charge < -0.3 is 10.6 Å². The molecule has 1 rings (SSSR count). The van der Waals surface area contributed by atoms with Gasteiger partial charge in [-0.05, 0) is 37.6 Å². The van der Waals surface area contributed by atoms with Crippen LogP contribution in [0, 0.1) is 5.92 Å². The van der Waals surface area contributed by atoms with Crippen molar-refractivity contribution in [2.75, 3.05) is 12.4 Å². The second-order valence-electron chi connectivity index (χ2n) is 4.99. The Morgan fingerprint density at radius 2 is 1.68 bits per heavy atom. The molecule has 0 saturated heterocycles. The van der Waals surface area contributed by atoms with Crippen molar-refractivity contribution in [3.05, 3.63) is 29.8 Å². The first kappa shape index (κ1) is 15.7. The number of rotatable bonds is 8. The Kier molecular flexibility index (Phi) is 7.19. The van der Waals surface area contributed by atoms with E-state index in [-0.39, 0.29) is 11.8 Å². The molecule has 0 unspecified atom stereocenters. The van der Waals surface area contributed by atoms with Gasteiger partial charge in [-0.1, -0.05) is 38.8 Å². The van der Waals surface area contributed by atoms with Gasteiger partial charge in [0.25, 0.3) is 0 Å². The maximum absolute atomic E-state index is 12.2. The Morgan fingerprint density at radius 3 is 2.16 bits per heavy atom. The molecule has 0 saturated carbocycles. The van der Waals surface area contributed by atoms with Crippen molar-refractivity contribution >= 4 is 11.6 Å². The molecule has 2 N–H and O–H groups in total. The van der Waals surface area contributed by atoms with Crippen molar-refractivity contribution in [2.24, 2.45) is 5.92 Å². The Labute approximate surface area is 116 Å². The molecule has 1 aromatic carbocycles. The third-order valence-electron chi connectivity index (χ3n) is 3.25. The van der Waals surface area contributed by atoms with Crippen LogP contribution < -0.4 is 10.6 Å². The fourth-order valence-corrected chi connectivity index (χ4v) is 2.26. The summed E-state index contributed by atoms with van der Waals surface area (Å²) in [6, 6.07) is 8.03. The topological polar surface area (TPSA) is 41.1 Å². The smallest absolute Gasteiger partial charge is 0.227 e. The summed E-state index contributed by atoms with van der Waals surface area (Å²) in [5.41, 5.74) is 2.11. The predicted octanol–water partition coefficient (Wildman–Crippen LogP) is 3.56. The molecule has 0 radical (unpaired) electrons. The van der Waals surface area contributed by atoms with Gasteiger partial charge in [0.1, 0.15) is 0 Å². The number of carbonyl (C=O) groups is 1. The SMILES string of the molecule is CCCC(CCC)C(=O)Nc1ccc(CNC)cc1. The Balaban J connectivity index is 2.58. The molecule has 1 aromatic rings. The van der Waals surface area contributed by atoms with Crippen LogP contribution in [0.25, 0.3) is 0 Å². The summed E-state index contributed by atoms with van der Waals surface area (Å²) in [4.78, 5) is 12.2. The lowest BCUT2D eigenvalue weighted by Gasteiger charge is -2.15. The van der Waals surface area contributed by atoms with Gasteiger partial charge in [-0.3, -0.25) is 4.79 Å². The van der Waals surface area contributed by atoms with Gasteiger partial charge in [0.05, 0.1) is 0 Å². The van der Waals surface area contributed by atoms with Gasteiger partial charge in [-0.15, -0.1) is 0 Å². The highest BCUT2D eigenvalue weighted by atomic mass is 16.1. The van der Waals surface area contributed by atoms with E-state index in [2.05, 4.69) is 24.5 Å². The molecule has 0 fully saturated rings. The summed E-state index contributed by atoms with van der Waals surface area (Å²) in [6.45, 7) is 5.10. The van der Waals surface area contributed by atoms with Crippen LogP contribution in [0.5, 0.6) is 0 Å². The lowest BCUT2D eigenvalue weighted by molar-refractivity contribution is -0.120. The molecule has 19 heavy (non-hydrogen) atoms. The Hall–Kier alpha value is -1.35. The summed E-state index contributed by atoms with van der Waals surface area (Å²) in [7, 11) is 1.93. The molecule has 3 heteroatoms. The largest absolute Gasteiger partial charge is 0.326 e. The fourth-order valence-electron chi connectivity index (χ4n) is 2.26. The number of hydrogen-bond donors (Lipinski definition) is 2. The summed E-state index contributed by atoms with van der Waals surface area (Å²) in [5, 5.41) is 6.13. The third kappa shape index (κ3) is 5.43. The van der Waals surface area contributed by atoms with Crippen molar-refractivity contribution < 1.29 is 4.79 Å². The second-order valence-corrected chi connectivity index (χ2v) is 4.99. The lowest BCUT2D eigenvalue weighted by Crippen LogP contribution is -2.22. The van der Waals surface area contributed by atoms with Gasteiger partial charge in [0.15, 0.2) is 0 Å². The molecule has 0 spiro atoms. The fraction of sp³-hybridized carbons (Fsp3) is 0.562. The molecule has 1 amide bonds. The van der Waals surface area contributed by atoms with Crippen LogP contribution in [0.2, 0.25) is 0 Å². The maximum Gasteiger partial charge on any atom is 0.227 e. The van der Waals surface area contributed by atoms with Gasteiger partial charge in [0, 0.05) is 18.2 Å². The zero-order valence-electron chi connectivity index (χ0n) is 12.3. The van der Waals surface area contributed by atoms with Gasteiger partial charge in [0.2, 0.25) is 5.91 Å². The average molecular weight is 262 g/mol. The number of carbonyl (C=O) groups excluding carboxylic acids is 1. The standard InChI is InChI=1S/C16H26N2O/c1-4-6-14(7-5-2)16(19)18-15-10-8-13(9-11-15)12-17-3/h8-11,14,17H,4-7,12H2,1-3H3,(H,18,19). The minimum Gasteiger partial charge on any atom is -0.326 e. The highest BCUT2D eigenvalue weighted by Gasteiger charge is 2.16. The minimum atomic E-state index is 0.145. The molecule has 106 valence electrons. The van der Waals surface area contributed by atoms with Gasteiger partial charge >= 0.3 is 0 Å². The van der Waals surface area contributed by atoms with Crippen molar-refractivity contribution in [1.29, 1.82) is 0 Å². The number of anilines is 1. The summed E-state index contributed by atoms with van der Waals surface area (Å²) in [5.74, 6) is 0.303. The van der Waals surface area contributed by atoms with E-state index in [9.17, 15) is 4.79 Å². The molecule has 0 aliphatic heterocycles. The van der Waals surface area contributed by atoms with E-state index in [0.717, 1.165) is 37.9 Å². The van der Waals surface area contributed by atoms with Crippen molar-refractivity contribution in [3.8, 4) is 0 Å². The van der Waals surface area contributed by atoms with Crippen LogP contribution in [0.15, 0.2) is 24.3 Å². The molecule has 0 heterocycles. The average Bonchev–Trinajstić information content (AvgIpc) is 2.41. The Bertz CT molecular complexity index is 367. The molecular weight excluding hydrogens is 236 g/mol. The number of benzene rings is 1. The van der Waals surface area contributed by atoms with Crippen LogP contribution in [0.3, 0.4) is 0 Å². The van der Waals surface area contributed by atoms with Crippen LogP contribution >= 0.6 is 0 Å². The molecule has 0 bridgehead atoms. The summed E-state index contributed by atoms with van der Waals surface area (Å²) in [6.07, 6.45) is 4.05. The molecule has 0 atom stereocenters.